The molecule has 4 rings (SSSR count). The van der Waals surface area contributed by atoms with Gasteiger partial charge in [0, 0.05) is 24.0 Å². The Labute approximate surface area is 206 Å². The third kappa shape index (κ3) is 5.65. The summed E-state index contributed by atoms with van der Waals surface area (Å²) in [6.45, 7) is 7.49. The molecule has 1 unspecified atom stereocenters. The second-order valence-corrected chi connectivity index (χ2v) is 10.3. The highest BCUT2D eigenvalue weighted by Crippen LogP contribution is 2.38. The van der Waals surface area contributed by atoms with E-state index in [0.29, 0.717) is 13.1 Å². The van der Waals surface area contributed by atoms with Crippen molar-refractivity contribution in [2.45, 2.75) is 33.2 Å². The molecule has 1 aliphatic heterocycles. The Morgan fingerprint density at radius 2 is 1.82 bits per heavy atom. The number of thiophene rings is 1. The van der Waals surface area contributed by atoms with Gasteiger partial charge in [0.25, 0.3) is 0 Å². The zero-order valence-corrected chi connectivity index (χ0v) is 20.9. The van der Waals surface area contributed by atoms with E-state index < -0.39 is 0 Å². The zero-order valence-electron chi connectivity index (χ0n) is 20.1. The number of fused-ring (bicyclic) bond motifs is 1. The van der Waals surface area contributed by atoms with E-state index in [1.165, 1.54) is 16.0 Å². The average Bonchev–Trinajstić information content (AvgIpc) is 3.31. The topological polar surface area (TPSA) is 40.6 Å². The molecule has 34 heavy (non-hydrogen) atoms. The minimum absolute atomic E-state index is 0.00969. The van der Waals surface area contributed by atoms with Gasteiger partial charge in [-0.25, -0.2) is 0 Å². The van der Waals surface area contributed by atoms with Gasteiger partial charge in [-0.2, -0.15) is 0 Å². The van der Waals surface area contributed by atoms with Gasteiger partial charge in [-0.15, -0.1) is 11.3 Å². The summed E-state index contributed by atoms with van der Waals surface area (Å²) in [5, 5.41) is 2.11. The van der Waals surface area contributed by atoms with E-state index in [1.807, 2.05) is 41.3 Å². The van der Waals surface area contributed by atoms with Crippen molar-refractivity contribution in [3.05, 3.63) is 99.3 Å². The van der Waals surface area contributed by atoms with Crippen molar-refractivity contribution in [2.24, 2.45) is 5.92 Å². The van der Waals surface area contributed by atoms with E-state index in [4.69, 9.17) is 0 Å². The van der Waals surface area contributed by atoms with Crippen molar-refractivity contribution in [1.82, 2.24) is 9.80 Å². The highest BCUT2D eigenvalue weighted by Gasteiger charge is 2.33. The van der Waals surface area contributed by atoms with Crippen LogP contribution < -0.4 is 0 Å². The van der Waals surface area contributed by atoms with Gasteiger partial charge in [-0.1, -0.05) is 74.0 Å². The summed E-state index contributed by atoms with van der Waals surface area (Å²) >= 11 is 1.76. The lowest BCUT2D eigenvalue weighted by Gasteiger charge is -2.37. The molecule has 2 aromatic carbocycles. The molecule has 0 spiro atoms. The second-order valence-electron chi connectivity index (χ2n) is 9.31. The van der Waals surface area contributed by atoms with Crippen LogP contribution in [0.2, 0.25) is 0 Å². The molecule has 0 saturated carbocycles. The quantitative estimate of drug-likeness (QED) is 0.412. The number of nitrogens with zero attached hydrogens (tertiary/aromatic N) is 2. The molecule has 3 aromatic rings. The number of rotatable bonds is 7. The van der Waals surface area contributed by atoms with Gasteiger partial charge in [-0.05, 0) is 53.5 Å². The number of carbonyl (C=O) groups excluding carboxylic acids is 2. The van der Waals surface area contributed by atoms with Gasteiger partial charge in [-0.3, -0.25) is 9.59 Å². The summed E-state index contributed by atoms with van der Waals surface area (Å²) in [6.07, 6.45) is 4.25. The molecule has 4 nitrogen and oxygen atoms in total. The fourth-order valence-corrected chi connectivity index (χ4v) is 5.36. The molecule has 0 fully saturated rings. The molecule has 0 aliphatic carbocycles. The molecule has 0 bridgehead atoms. The molecule has 0 saturated heterocycles. The lowest BCUT2D eigenvalue weighted by Crippen LogP contribution is -2.47. The third-order valence-electron chi connectivity index (χ3n) is 6.12. The minimum Gasteiger partial charge on any atom is -0.330 e. The first-order valence-corrected chi connectivity index (χ1v) is 12.7. The van der Waals surface area contributed by atoms with Crippen LogP contribution in [0.3, 0.4) is 0 Å². The van der Waals surface area contributed by atoms with Crippen molar-refractivity contribution < 1.29 is 9.59 Å². The van der Waals surface area contributed by atoms with Crippen molar-refractivity contribution in [2.75, 3.05) is 19.6 Å². The van der Waals surface area contributed by atoms with E-state index in [0.717, 1.165) is 17.5 Å². The first-order valence-electron chi connectivity index (χ1n) is 11.9. The summed E-state index contributed by atoms with van der Waals surface area (Å²) in [5.41, 5.74) is 4.48. The van der Waals surface area contributed by atoms with Crippen LogP contribution in [-0.2, 0) is 16.0 Å². The normalized spacial score (nSPS) is 15.5. The van der Waals surface area contributed by atoms with Crippen LogP contribution in [-0.4, -0.2) is 41.2 Å². The summed E-state index contributed by atoms with van der Waals surface area (Å²) in [4.78, 5) is 31.7. The molecule has 176 valence electrons. The predicted octanol–water partition coefficient (Wildman–Crippen LogP) is 5.73. The monoisotopic (exact) mass is 472 g/mol. The molecule has 2 heterocycles. The Morgan fingerprint density at radius 1 is 1.09 bits per heavy atom. The maximum Gasteiger partial charge on any atom is 0.247 e. The summed E-state index contributed by atoms with van der Waals surface area (Å²) in [7, 11) is 0. The van der Waals surface area contributed by atoms with Crippen molar-refractivity contribution in [1.29, 1.82) is 0 Å². The van der Waals surface area contributed by atoms with E-state index >= 15 is 0 Å². The number of hydrogen-bond donors (Lipinski definition) is 0. The maximum atomic E-state index is 13.7. The predicted molar refractivity (Wildman–Crippen MR) is 140 cm³/mol. The third-order valence-corrected chi connectivity index (χ3v) is 7.12. The first-order chi connectivity index (χ1) is 16.4. The van der Waals surface area contributed by atoms with E-state index in [2.05, 4.69) is 56.5 Å². The fraction of sp³-hybridized carbons (Fsp3) is 0.310. The van der Waals surface area contributed by atoms with E-state index in [1.54, 1.807) is 22.3 Å². The van der Waals surface area contributed by atoms with Crippen LogP contribution in [0.4, 0.5) is 0 Å². The smallest absolute Gasteiger partial charge is 0.247 e. The maximum absolute atomic E-state index is 13.7. The van der Waals surface area contributed by atoms with Gasteiger partial charge in [0.15, 0.2) is 0 Å². The Kier molecular flexibility index (Phi) is 7.63. The standard InChI is InChI=1S/C29H32N2O2S/c1-21(2)19-30(27(32)14-11-23-7-5-4-6-8-23)20-28(33)31-17-15-26-25(16-18-34-26)29(31)24-12-9-22(3)10-13-24/h4-14,16,18,21,29H,15,17,19-20H2,1-3H3. The molecular formula is C29H32N2O2S. The number of aryl methyl sites for hydroxylation is 1. The van der Waals surface area contributed by atoms with Crippen LogP contribution in [0.25, 0.3) is 6.08 Å². The highest BCUT2D eigenvalue weighted by molar-refractivity contribution is 7.10. The number of amides is 2. The molecular weight excluding hydrogens is 440 g/mol. The van der Waals surface area contributed by atoms with Gasteiger partial charge in [0.1, 0.15) is 6.54 Å². The van der Waals surface area contributed by atoms with Crippen molar-refractivity contribution in [3.8, 4) is 0 Å². The van der Waals surface area contributed by atoms with Gasteiger partial charge in [0.05, 0.1) is 6.04 Å². The number of hydrogen-bond acceptors (Lipinski definition) is 3. The average molecular weight is 473 g/mol. The number of carbonyl (C=O) groups is 2. The second kappa shape index (κ2) is 10.8. The fourth-order valence-electron chi connectivity index (χ4n) is 4.46. The SMILES string of the molecule is Cc1ccc(C2c3ccsc3CCN2C(=O)CN(CC(C)C)C(=O)C=Cc2ccccc2)cc1. The Hall–Kier alpha value is -3.18. The summed E-state index contributed by atoms with van der Waals surface area (Å²) in [5.74, 6) is 0.121. The minimum atomic E-state index is -0.133. The molecule has 5 heteroatoms. The van der Waals surface area contributed by atoms with Crippen LogP contribution in [0, 0.1) is 12.8 Å². The molecule has 2 amide bonds. The molecule has 0 radical (unpaired) electrons. The molecule has 1 aliphatic rings. The lowest BCUT2D eigenvalue weighted by molar-refractivity contribution is -0.140. The Balaban J connectivity index is 1.56. The summed E-state index contributed by atoms with van der Waals surface area (Å²) < 4.78 is 0. The van der Waals surface area contributed by atoms with E-state index in [-0.39, 0.29) is 30.3 Å². The Bertz CT molecular complexity index is 1150. The van der Waals surface area contributed by atoms with Crippen molar-refractivity contribution >= 4 is 29.2 Å². The van der Waals surface area contributed by atoms with Crippen LogP contribution >= 0.6 is 11.3 Å². The van der Waals surface area contributed by atoms with E-state index in [9.17, 15) is 9.59 Å². The molecule has 0 N–H and O–H groups in total. The Morgan fingerprint density at radius 3 is 2.53 bits per heavy atom. The van der Waals surface area contributed by atoms with Crippen molar-refractivity contribution in [3.63, 3.8) is 0 Å². The largest absolute Gasteiger partial charge is 0.330 e. The highest BCUT2D eigenvalue weighted by atomic mass is 32.1. The van der Waals surface area contributed by atoms with Gasteiger partial charge < -0.3 is 9.80 Å². The summed E-state index contributed by atoms with van der Waals surface area (Å²) in [6, 6.07) is 20.2. The van der Waals surface area contributed by atoms with Crippen LogP contribution in [0.1, 0.15) is 47.0 Å². The number of benzene rings is 2. The lowest BCUT2D eigenvalue weighted by atomic mass is 9.92. The van der Waals surface area contributed by atoms with Gasteiger partial charge in [0.2, 0.25) is 11.8 Å². The van der Waals surface area contributed by atoms with Gasteiger partial charge >= 0.3 is 0 Å². The van der Waals surface area contributed by atoms with Crippen LogP contribution in [0.5, 0.6) is 0 Å². The van der Waals surface area contributed by atoms with Crippen LogP contribution in [0.15, 0.2) is 72.1 Å². The molecule has 1 atom stereocenters. The molecule has 1 aromatic heterocycles. The first kappa shape index (κ1) is 24.0. The zero-order chi connectivity index (χ0) is 24.1.